The number of aromatic nitrogens is 2. The Hall–Kier alpha value is -2.14. The third-order valence-corrected chi connectivity index (χ3v) is 3.43. The van der Waals surface area contributed by atoms with Crippen molar-refractivity contribution in [2.24, 2.45) is 0 Å². The predicted octanol–water partition coefficient (Wildman–Crippen LogP) is 1.62. The molecule has 5 nitrogen and oxygen atoms in total. The number of rotatable bonds is 2. The minimum absolute atomic E-state index is 0.106. The van der Waals surface area contributed by atoms with Crippen molar-refractivity contribution in [3.63, 3.8) is 0 Å². The average Bonchev–Trinajstić information content (AvgIpc) is 2.83. The highest BCUT2D eigenvalue weighted by Crippen LogP contribution is 2.20. The lowest BCUT2D eigenvalue weighted by Crippen LogP contribution is -2.24. The first-order valence-corrected chi connectivity index (χ1v) is 6.39. The molecule has 0 fully saturated rings. The Balaban J connectivity index is 1.84. The van der Waals surface area contributed by atoms with E-state index in [9.17, 15) is 4.79 Å². The first kappa shape index (κ1) is 11.9. The lowest BCUT2D eigenvalue weighted by atomic mass is 10.1. The van der Waals surface area contributed by atoms with Crippen LogP contribution >= 0.6 is 0 Å². The number of carbonyl (C=O) groups excluding carboxylic acids is 1. The van der Waals surface area contributed by atoms with Crippen molar-refractivity contribution in [1.82, 2.24) is 15.5 Å². The standard InChI is InChI=1S/C14H16N4O/c1-9-4-2-3-5-10(9)14(19)16-13-11-6-7-15-8-12(11)17-18-13/h2-5,15H,6-8H2,1H3,(H2,16,17,18,19). The molecular weight excluding hydrogens is 240 g/mol. The molecule has 0 aliphatic carbocycles. The van der Waals surface area contributed by atoms with E-state index in [1.54, 1.807) is 0 Å². The van der Waals surface area contributed by atoms with Crippen LogP contribution in [-0.4, -0.2) is 22.6 Å². The smallest absolute Gasteiger partial charge is 0.257 e. The Labute approximate surface area is 111 Å². The molecule has 0 spiro atoms. The predicted molar refractivity (Wildman–Crippen MR) is 73.1 cm³/mol. The number of aromatic amines is 1. The van der Waals surface area contributed by atoms with Crippen LogP contribution in [0.25, 0.3) is 0 Å². The fourth-order valence-corrected chi connectivity index (χ4v) is 2.35. The monoisotopic (exact) mass is 256 g/mol. The second kappa shape index (κ2) is 4.85. The topological polar surface area (TPSA) is 69.8 Å². The molecule has 98 valence electrons. The van der Waals surface area contributed by atoms with Gasteiger partial charge in [-0.25, -0.2) is 0 Å². The van der Waals surface area contributed by atoms with Crippen molar-refractivity contribution in [1.29, 1.82) is 0 Å². The van der Waals surface area contributed by atoms with E-state index in [0.717, 1.165) is 36.3 Å². The average molecular weight is 256 g/mol. The van der Waals surface area contributed by atoms with Crippen molar-refractivity contribution in [3.05, 3.63) is 46.6 Å². The maximum Gasteiger partial charge on any atom is 0.257 e. The van der Waals surface area contributed by atoms with Crippen LogP contribution in [-0.2, 0) is 13.0 Å². The summed E-state index contributed by atoms with van der Waals surface area (Å²) in [6.45, 7) is 3.63. The molecule has 1 aliphatic rings. The molecule has 0 bridgehead atoms. The number of carbonyl (C=O) groups is 1. The third kappa shape index (κ3) is 2.24. The summed E-state index contributed by atoms with van der Waals surface area (Å²) < 4.78 is 0. The number of fused-ring (bicyclic) bond motifs is 1. The van der Waals surface area contributed by atoms with Gasteiger partial charge in [-0.2, -0.15) is 5.10 Å². The summed E-state index contributed by atoms with van der Waals surface area (Å²) in [5.74, 6) is 0.552. The molecule has 1 aromatic heterocycles. The normalized spacial score (nSPS) is 13.9. The minimum atomic E-state index is -0.106. The van der Waals surface area contributed by atoms with Crippen LogP contribution < -0.4 is 10.6 Å². The first-order valence-electron chi connectivity index (χ1n) is 6.39. The first-order chi connectivity index (χ1) is 9.25. The Morgan fingerprint density at radius 3 is 3.05 bits per heavy atom. The summed E-state index contributed by atoms with van der Waals surface area (Å²) in [4.78, 5) is 12.2. The third-order valence-electron chi connectivity index (χ3n) is 3.43. The largest absolute Gasteiger partial charge is 0.311 e. The Bertz CT molecular complexity index is 618. The molecule has 0 saturated heterocycles. The quantitative estimate of drug-likeness (QED) is 0.764. The van der Waals surface area contributed by atoms with Gasteiger partial charge in [-0.1, -0.05) is 18.2 Å². The van der Waals surface area contributed by atoms with Crippen molar-refractivity contribution < 1.29 is 4.79 Å². The van der Waals surface area contributed by atoms with Gasteiger partial charge in [-0.3, -0.25) is 9.89 Å². The highest BCUT2D eigenvalue weighted by atomic mass is 16.1. The SMILES string of the molecule is Cc1ccccc1C(=O)Nc1n[nH]c2c1CCNC2. The molecule has 3 N–H and O–H groups in total. The highest BCUT2D eigenvalue weighted by molar-refractivity contribution is 6.05. The van der Waals surface area contributed by atoms with E-state index in [1.165, 1.54) is 0 Å². The summed E-state index contributed by atoms with van der Waals surface area (Å²) in [6, 6.07) is 7.55. The van der Waals surface area contributed by atoms with E-state index in [0.29, 0.717) is 11.4 Å². The zero-order chi connectivity index (χ0) is 13.2. The van der Waals surface area contributed by atoms with Crippen LogP contribution in [0.5, 0.6) is 0 Å². The summed E-state index contributed by atoms with van der Waals surface area (Å²) in [5.41, 5.74) is 3.83. The van der Waals surface area contributed by atoms with E-state index in [-0.39, 0.29) is 5.91 Å². The van der Waals surface area contributed by atoms with E-state index < -0.39 is 0 Å². The van der Waals surface area contributed by atoms with Crippen molar-refractivity contribution >= 4 is 11.7 Å². The van der Waals surface area contributed by atoms with Gasteiger partial charge in [-0.15, -0.1) is 0 Å². The second-order valence-electron chi connectivity index (χ2n) is 4.73. The molecule has 1 aromatic carbocycles. The van der Waals surface area contributed by atoms with Gasteiger partial charge < -0.3 is 10.6 Å². The van der Waals surface area contributed by atoms with E-state index in [4.69, 9.17) is 0 Å². The highest BCUT2D eigenvalue weighted by Gasteiger charge is 2.18. The number of nitrogens with one attached hydrogen (secondary N) is 3. The van der Waals surface area contributed by atoms with E-state index in [2.05, 4.69) is 20.8 Å². The van der Waals surface area contributed by atoms with Gasteiger partial charge in [0.15, 0.2) is 5.82 Å². The molecule has 5 heteroatoms. The fourth-order valence-electron chi connectivity index (χ4n) is 2.35. The van der Waals surface area contributed by atoms with Gasteiger partial charge in [0.1, 0.15) is 0 Å². The van der Waals surface area contributed by atoms with Crippen LogP contribution in [0.2, 0.25) is 0 Å². The second-order valence-corrected chi connectivity index (χ2v) is 4.73. The van der Waals surface area contributed by atoms with Crippen LogP contribution in [0.3, 0.4) is 0 Å². The van der Waals surface area contributed by atoms with Gasteiger partial charge in [0, 0.05) is 17.7 Å². The molecule has 0 unspecified atom stereocenters. The zero-order valence-corrected chi connectivity index (χ0v) is 10.8. The molecule has 0 atom stereocenters. The number of aryl methyl sites for hydroxylation is 1. The van der Waals surface area contributed by atoms with Crippen molar-refractivity contribution in [2.75, 3.05) is 11.9 Å². The van der Waals surface area contributed by atoms with Crippen LogP contribution in [0.1, 0.15) is 27.2 Å². The van der Waals surface area contributed by atoms with Crippen LogP contribution in [0.4, 0.5) is 5.82 Å². The molecule has 2 aromatic rings. The van der Waals surface area contributed by atoms with E-state index in [1.807, 2.05) is 31.2 Å². The molecule has 1 amide bonds. The number of hydrogen-bond acceptors (Lipinski definition) is 3. The lowest BCUT2D eigenvalue weighted by Gasteiger charge is -2.13. The molecule has 19 heavy (non-hydrogen) atoms. The number of amides is 1. The zero-order valence-electron chi connectivity index (χ0n) is 10.8. The van der Waals surface area contributed by atoms with Gasteiger partial charge >= 0.3 is 0 Å². The lowest BCUT2D eigenvalue weighted by molar-refractivity contribution is 0.102. The molecule has 0 saturated carbocycles. The van der Waals surface area contributed by atoms with E-state index >= 15 is 0 Å². The van der Waals surface area contributed by atoms with Crippen molar-refractivity contribution in [3.8, 4) is 0 Å². The number of H-pyrrole nitrogens is 1. The molecule has 2 heterocycles. The number of nitrogens with zero attached hydrogens (tertiary/aromatic N) is 1. The van der Waals surface area contributed by atoms with Gasteiger partial charge in [0.2, 0.25) is 0 Å². The summed E-state index contributed by atoms with van der Waals surface area (Å²) in [7, 11) is 0. The molecule has 1 aliphatic heterocycles. The maximum atomic E-state index is 12.2. The Morgan fingerprint density at radius 1 is 1.37 bits per heavy atom. The van der Waals surface area contributed by atoms with Gasteiger partial charge in [0.05, 0.1) is 5.69 Å². The number of benzene rings is 1. The molecule has 3 rings (SSSR count). The number of anilines is 1. The van der Waals surface area contributed by atoms with Crippen molar-refractivity contribution in [2.45, 2.75) is 19.9 Å². The Kier molecular flexibility index (Phi) is 3.05. The van der Waals surface area contributed by atoms with Crippen LogP contribution in [0.15, 0.2) is 24.3 Å². The number of hydrogen-bond donors (Lipinski definition) is 3. The maximum absolute atomic E-state index is 12.2. The molecule has 0 radical (unpaired) electrons. The fraction of sp³-hybridized carbons (Fsp3) is 0.286. The molecular formula is C14H16N4O. The minimum Gasteiger partial charge on any atom is -0.311 e. The summed E-state index contributed by atoms with van der Waals surface area (Å²) in [5, 5.41) is 13.3. The van der Waals surface area contributed by atoms with Gasteiger partial charge in [-0.05, 0) is 31.5 Å². The summed E-state index contributed by atoms with van der Waals surface area (Å²) >= 11 is 0. The Morgan fingerprint density at radius 2 is 2.21 bits per heavy atom. The van der Waals surface area contributed by atoms with Crippen LogP contribution in [0, 0.1) is 6.92 Å². The van der Waals surface area contributed by atoms with Gasteiger partial charge in [0.25, 0.3) is 5.91 Å². The summed E-state index contributed by atoms with van der Waals surface area (Å²) in [6.07, 6.45) is 0.884.